The summed E-state index contributed by atoms with van der Waals surface area (Å²) >= 11 is 0. The molecule has 3 rings (SSSR count). The molecule has 1 aromatic carbocycles. The summed E-state index contributed by atoms with van der Waals surface area (Å²) in [6.07, 6.45) is 15.9. The minimum atomic E-state index is -3.66. The van der Waals surface area contributed by atoms with Gasteiger partial charge in [-0.1, -0.05) is 57.9 Å². The molecule has 0 spiro atoms. The summed E-state index contributed by atoms with van der Waals surface area (Å²) in [4.78, 5) is 20.4. The van der Waals surface area contributed by atoms with E-state index in [0.29, 0.717) is 13.0 Å². The van der Waals surface area contributed by atoms with Gasteiger partial charge in [0, 0.05) is 37.5 Å². The third-order valence-electron chi connectivity index (χ3n) is 6.97. The summed E-state index contributed by atoms with van der Waals surface area (Å²) in [7, 11) is 0.362. The number of fused-ring (bicyclic) bond motifs is 1. The molecule has 9 heteroatoms. The molecule has 0 fully saturated rings. The van der Waals surface area contributed by atoms with E-state index in [1.807, 2.05) is 19.3 Å². The van der Waals surface area contributed by atoms with E-state index in [1.54, 1.807) is 11.1 Å². The molecule has 8 nitrogen and oxygen atoms in total. The number of nitrogens with zero attached hydrogens (tertiary/aromatic N) is 3. The summed E-state index contributed by atoms with van der Waals surface area (Å²) < 4.78 is 32.9. The van der Waals surface area contributed by atoms with E-state index < -0.39 is 10.1 Å². The number of pyridine rings is 1. The van der Waals surface area contributed by atoms with Crippen LogP contribution in [0.2, 0.25) is 0 Å². The van der Waals surface area contributed by atoms with Crippen molar-refractivity contribution in [1.29, 1.82) is 0 Å². The molecule has 0 unspecified atom stereocenters. The lowest BCUT2D eigenvalue weighted by Gasteiger charge is -2.26. The number of rotatable bonds is 15. The SMILES string of the molecule is CCCCCCCCCCN(C)CCOc1cncc(-c2ccc3c(c2)CCC(=O)N3C)c1.CCS(=O)(=O)O. The van der Waals surface area contributed by atoms with Gasteiger partial charge in [0.05, 0.1) is 11.9 Å². The van der Waals surface area contributed by atoms with E-state index in [0.717, 1.165) is 42.1 Å². The Morgan fingerprint density at radius 1 is 0.949 bits per heavy atom. The normalized spacial score (nSPS) is 13.2. The lowest BCUT2D eigenvalue weighted by molar-refractivity contribution is -0.118. The number of amides is 1. The highest BCUT2D eigenvalue weighted by Gasteiger charge is 2.21. The first-order valence-corrected chi connectivity index (χ1v) is 15.9. The van der Waals surface area contributed by atoms with Gasteiger partial charge in [-0.2, -0.15) is 8.42 Å². The highest BCUT2D eigenvalue weighted by atomic mass is 32.2. The van der Waals surface area contributed by atoms with Gasteiger partial charge in [0.15, 0.2) is 0 Å². The number of carbonyl (C=O) groups is 1. The van der Waals surface area contributed by atoms with Crippen molar-refractivity contribution < 1.29 is 22.5 Å². The van der Waals surface area contributed by atoms with Crippen LogP contribution in [0.1, 0.15) is 77.2 Å². The van der Waals surface area contributed by atoms with Crippen LogP contribution in [0.3, 0.4) is 0 Å². The van der Waals surface area contributed by atoms with E-state index in [2.05, 4.69) is 42.1 Å². The highest BCUT2D eigenvalue weighted by molar-refractivity contribution is 7.85. The Balaban J connectivity index is 0.000000798. The molecular weight excluding hydrogens is 514 g/mol. The largest absolute Gasteiger partial charge is 0.491 e. The van der Waals surface area contributed by atoms with E-state index in [-0.39, 0.29) is 11.7 Å². The molecule has 2 aromatic rings. The first-order chi connectivity index (χ1) is 18.6. The van der Waals surface area contributed by atoms with Crippen LogP contribution in [0, 0.1) is 0 Å². The monoisotopic (exact) mass is 561 g/mol. The smallest absolute Gasteiger partial charge is 0.264 e. The van der Waals surface area contributed by atoms with Crippen molar-refractivity contribution in [2.45, 2.75) is 78.1 Å². The molecule has 218 valence electrons. The number of likely N-dealkylation sites (N-methyl/N-ethyl adjacent to an activating group) is 1. The highest BCUT2D eigenvalue weighted by Crippen LogP contribution is 2.32. The average molecular weight is 562 g/mol. The van der Waals surface area contributed by atoms with Gasteiger partial charge in [-0.3, -0.25) is 14.3 Å². The van der Waals surface area contributed by atoms with Crippen molar-refractivity contribution in [3.05, 3.63) is 42.2 Å². The maximum atomic E-state index is 11.9. The van der Waals surface area contributed by atoms with Gasteiger partial charge in [0.2, 0.25) is 5.91 Å². The number of unbranched alkanes of at least 4 members (excludes halogenated alkanes) is 7. The fourth-order valence-electron chi connectivity index (χ4n) is 4.44. The van der Waals surface area contributed by atoms with Gasteiger partial charge in [-0.25, -0.2) is 0 Å². The first kappa shape index (κ1) is 32.7. The zero-order valence-electron chi connectivity index (χ0n) is 24.2. The number of aryl methyl sites for hydroxylation is 1. The second-order valence-electron chi connectivity index (χ2n) is 10.2. The zero-order valence-corrected chi connectivity index (χ0v) is 25.0. The van der Waals surface area contributed by atoms with Crippen LogP contribution in [-0.4, -0.2) is 68.3 Å². The molecule has 0 saturated heterocycles. The summed E-state index contributed by atoms with van der Waals surface area (Å²) in [6, 6.07) is 8.34. The van der Waals surface area contributed by atoms with Gasteiger partial charge < -0.3 is 14.5 Å². The van der Waals surface area contributed by atoms with Crippen LogP contribution in [-0.2, 0) is 21.3 Å². The van der Waals surface area contributed by atoms with Crippen LogP contribution in [0.25, 0.3) is 11.1 Å². The predicted molar refractivity (Wildman–Crippen MR) is 159 cm³/mol. The number of aromatic nitrogens is 1. The molecule has 1 aliphatic rings. The van der Waals surface area contributed by atoms with E-state index >= 15 is 0 Å². The number of hydrogen-bond donors (Lipinski definition) is 1. The Hall–Kier alpha value is -2.49. The standard InChI is InChI=1S/C28H41N3O2.C2H6O3S/c1-4-5-6-7-8-9-10-11-16-30(2)17-18-33-26-20-25(21-29-22-26)23-12-14-27-24(19-23)13-15-28(32)31(27)3;1-2-6(3,4)5/h12,14,19-22H,4-11,13,15-18H2,1-3H3;2H2,1H3,(H,3,4,5). The second-order valence-corrected chi connectivity index (χ2v) is 11.9. The lowest BCUT2D eigenvalue weighted by atomic mass is 9.97. The summed E-state index contributed by atoms with van der Waals surface area (Å²) in [5.74, 6) is 0.783. The Bertz CT molecular complexity index is 1120. The molecule has 1 aromatic heterocycles. The number of ether oxygens (including phenoxy) is 1. The number of hydrogen-bond acceptors (Lipinski definition) is 6. The van der Waals surface area contributed by atoms with Crippen molar-refractivity contribution in [3.63, 3.8) is 0 Å². The van der Waals surface area contributed by atoms with Gasteiger partial charge in [-0.05, 0) is 62.7 Å². The molecule has 0 atom stereocenters. The van der Waals surface area contributed by atoms with Crippen LogP contribution >= 0.6 is 0 Å². The van der Waals surface area contributed by atoms with Crippen molar-refractivity contribution in [3.8, 4) is 16.9 Å². The third-order valence-corrected chi connectivity index (χ3v) is 7.70. The topological polar surface area (TPSA) is 100 Å². The van der Waals surface area contributed by atoms with Crippen LogP contribution in [0.15, 0.2) is 36.7 Å². The minimum absolute atomic E-state index is 0.180. The summed E-state index contributed by atoms with van der Waals surface area (Å²) in [5.41, 5.74) is 4.38. The predicted octanol–water partition coefficient (Wildman–Crippen LogP) is 6.00. The molecule has 1 amide bonds. The Morgan fingerprint density at radius 3 is 2.28 bits per heavy atom. The van der Waals surface area contributed by atoms with Gasteiger partial charge >= 0.3 is 0 Å². The molecule has 0 aliphatic carbocycles. The van der Waals surface area contributed by atoms with Crippen LogP contribution in [0.4, 0.5) is 5.69 Å². The molecule has 1 N–H and O–H groups in total. The van der Waals surface area contributed by atoms with Gasteiger partial charge in [0.1, 0.15) is 12.4 Å². The first-order valence-electron chi connectivity index (χ1n) is 14.3. The molecular formula is C30H47N3O5S. The van der Waals surface area contributed by atoms with E-state index in [9.17, 15) is 13.2 Å². The summed E-state index contributed by atoms with van der Waals surface area (Å²) in [5, 5.41) is 0. The van der Waals surface area contributed by atoms with Crippen molar-refractivity contribution in [2.24, 2.45) is 0 Å². The fraction of sp³-hybridized carbons (Fsp3) is 0.600. The molecule has 2 heterocycles. The average Bonchev–Trinajstić information content (AvgIpc) is 2.92. The Kier molecular flexibility index (Phi) is 14.5. The maximum absolute atomic E-state index is 11.9. The fourth-order valence-corrected chi connectivity index (χ4v) is 4.44. The lowest BCUT2D eigenvalue weighted by Crippen LogP contribution is -2.30. The van der Waals surface area contributed by atoms with E-state index in [1.165, 1.54) is 63.9 Å². The number of carbonyl (C=O) groups excluding carboxylic acids is 1. The number of anilines is 1. The maximum Gasteiger partial charge on any atom is 0.264 e. The van der Waals surface area contributed by atoms with Crippen LogP contribution < -0.4 is 9.64 Å². The van der Waals surface area contributed by atoms with Gasteiger partial charge in [-0.15, -0.1) is 0 Å². The van der Waals surface area contributed by atoms with Crippen molar-refractivity contribution in [2.75, 3.05) is 44.4 Å². The quantitative estimate of drug-likeness (QED) is 0.210. The van der Waals surface area contributed by atoms with Crippen molar-refractivity contribution in [1.82, 2.24) is 9.88 Å². The van der Waals surface area contributed by atoms with Gasteiger partial charge in [0.25, 0.3) is 10.1 Å². The summed E-state index contributed by atoms with van der Waals surface area (Å²) in [6.45, 7) is 6.35. The van der Waals surface area contributed by atoms with E-state index in [4.69, 9.17) is 9.29 Å². The Labute approximate surface area is 235 Å². The molecule has 0 saturated carbocycles. The Morgan fingerprint density at radius 2 is 1.62 bits per heavy atom. The third kappa shape index (κ3) is 12.5. The zero-order chi connectivity index (χ0) is 28.7. The van der Waals surface area contributed by atoms with Crippen LogP contribution in [0.5, 0.6) is 5.75 Å². The molecule has 0 radical (unpaired) electrons. The molecule has 1 aliphatic heterocycles. The number of benzene rings is 1. The van der Waals surface area contributed by atoms with Crippen molar-refractivity contribution >= 4 is 21.7 Å². The molecule has 39 heavy (non-hydrogen) atoms. The minimum Gasteiger partial charge on any atom is -0.491 e. The molecule has 0 bridgehead atoms. The second kappa shape index (κ2) is 17.3.